The van der Waals surface area contributed by atoms with Crippen molar-refractivity contribution in [1.82, 2.24) is 20.2 Å². The second-order valence-electron chi connectivity index (χ2n) is 6.16. The van der Waals surface area contributed by atoms with E-state index in [1.807, 2.05) is 12.1 Å². The Hall–Kier alpha value is -2.64. The van der Waals surface area contributed by atoms with Crippen LogP contribution in [0.5, 0.6) is 11.5 Å². The van der Waals surface area contributed by atoms with E-state index in [1.165, 1.54) is 6.33 Å². The van der Waals surface area contributed by atoms with Crippen molar-refractivity contribution >= 4 is 11.6 Å². The molecule has 1 aliphatic heterocycles. The summed E-state index contributed by atoms with van der Waals surface area (Å²) in [7, 11) is 0. The minimum Gasteiger partial charge on any atom is -0.486 e. The highest BCUT2D eigenvalue weighted by atomic mass is 16.6. The van der Waals surface area contributed by atoms with Crippen LogP contribution in [0.1, 0.15) is 32.1 Å². The average molecular weight is 329 g/mol. The van der Waals surface area contributed by atoms with Gasteiger partial charge in [-0.15, -0.1) is 5.10 Å². The summed E-state index contributed by atoms with van der Waals surface area (Å²) in [5.74, 6) is 1.26. The van der Waals surface area contributed by atoms with Gasteiger partial charge in [0.2, 0.25) is 0 Å². The van der Waals surface area contributed by atoms with Crippen molar-refractivity contribution in [3.05, 3.63) is 24.5 Å². The van der Waals surface area contributed by atoms with Crippen molar-refractivity contribution in [2.45, 2.75) is 37.6 Å². The predicted octanol–water partition coefficient (Wildman–Crippen LogP) is 1.74. The summed E-state index contributed by atoms with van der Waals surface area (Å²) in [5, 5.41) is 14.4. The summed E-state index contributed by atoms with van der Waals surface area (Å²) in [6.45, 7) is 1.06. The number of nitrogens with one attached hydrogen (secondary N) is 1. The summed E-state index contributed by atoms with van der Waals surface area (Å²) < 4.78 is 12.7. The normalized spacial score (nSPS) is 18.8. The highest BCUT2D eigenvalue weighted by molar-refractivity contribution is 5.97. The highest BCUT2D eigenvalue weighted by Gasteiger charge is 2.42. The lowest BCUT2D eigenvalue weighted by Gasteiger charge is -2.35. The Balaban J connectivity index is 1.59. The zero-order chi connectivity index (χ0) is 16.4. The lowest BCUT2D eigenvalue weighted by molar-refractivity contribution is -0.126. The second kappa shape index (κ2) is 6.10. The van der Waals surface area contributed by atoms with Crippen LogP contribution in [-0.2, 0) is 10.3 Å². The van der Waals surface area contributed by atoms with E-state index < -0.39 is 5.54 Å². The molecule has 0 unspecified atom stereocenters. The first kappa shape index (κ1) is 14.9. The van der Waals surface area contributed by atoms with Gasteiger partial charge in [0, 0.05) is 11.8 Å². The van der Waals surface area contributed by atoms with E-state index in [0.29, 0.717) is 30.4 Å². The van der Waals surface area contributed by atoms with Gasteiger partial charge in [0.25, 0.3) is 5.91 Å². The van der Waals surface area contributed by atoms with Crippen molar-refractivity contribution in [2.24, 2.45) is 0 Å². The molecule has 2 aromatic rings. The number of aromatic nitrogens is 4. The number of carbonyl (C=O) groups excluding carboxylic acids is 1. The molecule has 0 spiro atoms. The highest BCUT2D eigenvalue weighted by Crippen LogP contribution is 2.37. The standard InChI is InChI=1S/C16H19N5O3/c22-15(16(6-2-1-3-7-16)21-11-17-19-20-21)18-12-4-5-13-14(10-12)24-9-8-23-13/h4-5,10-11H,1-3,6-9H2,(H,18,22). The molecule has 0 radical (unpaired) electrons. The Kier molecular flexibility index (Phi) is 3.79. The van der Waals surface area contributed by atoms with Crippen LogP contribution in [0.4, 0.5) is 5.69 Å². The molecule has 0 atom stereocenters. The molecule has 0 saturated heterocycles. The van der Waals surface area contributed by atoms with E-state index in [4.69, 9.17) is 9.47 Å². The number of amides is 1. The van der Waals surface area contributed by atoms with Crippen LogP contribution in [0.2, 0.25) is 0 Å². The molecular weight excluding hydrogens is 310 g/mol. The smallest absolute Gasteiger partial charge is 0.252 e. The van der Waals surface area contributed by atoms with Crippen LogP contribution in [0.3, 0.4) is 0 Å². The fraction of sp³-hybridized carbons (Fsp3) is 0.500. The molecule has 2 heterocycles. The van der Waals surface area contributed by atoms with E-state index >= 15 is 0 Å². The van der Waals surface area contributed by atoms with E-state index in [1.54, 1.807) is 10.7 Å². The minimum absolute atomic E-state index is 0.0915. The zero-order valence-corrected chi connectivity index (χ0v) is 13.3. The number of anilines is 1. The van der Waals surface area contributed by atoms with Gasteiger partial charge in [-0.1, -0.05) is 19.3 Å². The summed E-state index contributed by atoms with van der Waals surface area (Å²) in [4.78, 5) is 13.1. The summed E-state index contributed by atoms with van der Waals surface area (Å²) in [6, 6.07) is 5.43. The number of nitrogens with zero attached hydrogens (tertiary/aromatic N) is 4. The Morgan fingerprint density at radius 1 is 1.12 bits per heavy atom. The Morgan fingerprint density at radius 2 is 1.92 bits per heavy atom. The monoisotopic (exact) mass is 329 g/mol. The SMILES string of the molecule is O=C(Nc1ccc2c(c1)OCCO2)C1(n2cnnn2)CCCCC1. The topological polar surface area (TPSA) is 91.2 Å². The van der Waals surface area contributed by atoms with Crippen molar-refractivity contribution in [3.8, 4) is 11.5 Å². The molecule has 0 bridgehead atoms. The molecule has 126 valence electrons. The van der Waals surface area contributed by atoms with Gasteiger partial charge in [-0.05, 0) is 35.4 Å². The van der Waals surface area contributed by atoms with Gasteiger partial charge in [-0.2, -0.15) is 0 Å². The number of hydrogen-bond donors (Lipinski definition) is 1. The lowest BCUT2D eigenvalue weighted by atomic mass is 9.81. The third-order valence-electron chi connectivity index (χ3n) is 4.69. The third-order valence-corrected chi connectivity index (χ3v) is 4.69. The van der Waals surface area contributed by atoms with Gasteiger partial charge in [0.05, 0.1) is 0 Å². The van der Waals surface area contributed by atoms with Crippen LogP contribution < -0.4 is 14.8 Å². The molecule has 1 aliphatic carbocycles. The number of ether oxygens (including phenoxy) is 2. The van der Waals surface area contributed by atoms with Crippen LogP contribution in [0.25, 0.3) is 0 Å². The zero-order valence-electron chi connectivity index (χ0n) is 13.3. The van der Waals surface area contributed by atoms with Gasteiger partial charge in [-0.25, -0.2) is 4.68 Å². The molecular formula is C16H19N5O3. The largest absolute Gasteiger partial charge is 0.486 e. The van der Waals surface area contributed by atoms with Gasteiger partial charge in [0.1, 0.15) is 25.1 Å². The number of hydrogen-bond acceptors (Lipinski definition) is 6. The van der Waals surface area contributed by atoms with Gasteiger partial charge in [0.15, 0.2) is 11.5 Å². The maximum atomic E-state index is 13.1. The van der Waals surface area contributed by atoms with E-state index in [0.717, 1.165) is 32.1 Å². The number of fused-ring (bicyclic) bond motifs is 1. The van der Waals surface area contributed by atoms with Crippen molar-refractivity contribution < 1.29 is 14.3 Å². The van der Waals surface area contributed by atoms with Crippen LogP contribution in [0, 0.1) is 0 Å². The Bertz CT molecular complexity index is 725. The Labute approximate surface area is 139 Å². The van der Waals surface area contributed by atoms with Gasteiger partial charge < -0.3 is 14.8 Å². The number of rotatable bonds is 3. The van der Waals surface area contributed by atoms with Gasteiger partial charge >= 0.3 is 0 Å². The number of benzene rings is 1. The summed E-state index contributed by atoms with van der Waals surface area (Å²) >= 11 is 0. The van der Waals surface area contributed by atoms with Crippen molar-refractivity contribution in [3.63, 3.8) is 0 Å². The first-order valence-electron chi connectivity index (χ1n) is 8.22. The minimum atomic E-state index is -0.727. The van der Waals surface area contributed by atoms with Crippen LogP contribution >= 0.6 is 0 Å². The molecule has 1 saturated carbocycles. The fourth-order valence-electron chi connectivity index (χ4n) is 3.42. The lowest BCUT2D eigenvalue weighted by Crippen LogP contribution is -2.47. The predicted molar refractivity (Wildman–Crippen MR) is 84.9 cm³/mol. The summed E-state index contributed by atoms with van der Waals surface area (Å²) in [5.41, 5.74) is -0.0445. The molecule has 1 aromatic heterocycles. The molecule has 1 N–H and O–H groups in total. The number of carbonyl (C=O) groups is 1. The molecule has 1 amide bonds. The van der Waals surface area contributed by atoms with E-state index in [2.05, 4.69) is 20.8 Å². The molecule has 1 aromatic carbocycles. The maximum absolute atomic E-state index is 13.1. The molecule has 4 rings (SSSR count). The maximum Gasteiger partial charge on any atom is 0.252 e. The quantitative estimate of drug-likeness (QED) is 0.922. The molecule has 24 heavy (non-hydrogen) atoms. The van der Waals surface area contributed by atoms with E-state index in [-0.39, 0.29) is 5.91 Å². The molecule has 8 heteroatoms. The summed E-state index contributed by atoms with van der Waals surface area (Å²) in [6.07, 6.45) is 6.07. The fourth-order valence-corrected chi connectivity index (χ4v) is 3.42. The number of tetrazole rings is 1. The molecule has 8 nitrogen and oxygen atoms in total. The van der Waals surface area contributed by atoms with Crippen molar-refractivity contribution in [1.29, 1.82) is 0 Å². The van der Waals surface area contributed by atoms with E-state index in [9.17, 15) is 4.79 Å². The van der Waals surface area contributed by atoms with Crippen LogP contribution in [-0.4, -0.2) is 39.3 Å². The average Bonchev–Trinajstić information content (AvgIpc) is 3.17. The van der Waals surface area contributed by atoms with Gasteiger partial charge in [-0.3, -0.25) is 4.79 Å². The molecule has 1 fully saturated rings. The Morgan fingerprint density at radius 3 is 2.67 bits per heavy atom. The molecule has 2 aliphatic rings. The van der Waals surface area contributed by atoms with Crippen molar-refractivity contribution in [2.75, 3.05) is 18.5 Å². The first-order valence-corrected chi connectivity index (χ1v) is 8.22. The first-order chi connectivity index (χ1) is 11.8. The third kappa shape index (κ3) is 2.57. The van der Waals surface area contributed by atoms with Crippen LogP contribution in [0.15, 0.2) is 24.5 Å². The second-order valence-corrected chi connectivity index (χ2v) is 6.16.